The summed E-state index contributed by atoms with van der Waals surface area (Å²) in [5.74, 6) is 0. The Morgan fingerprint density at radius 2 is 1.70 bits per heavy atom. The number of likely N-dealkylation sites (N-methyl/N-ethyl adjacent to an activating group) is 1. The van der Waals surface area contributed by atoms with Crippen LogP contribution in [-0.4, -0.2) is 6.54 Å². The van der Waals surface area contributed by atoms with E-state index >= 15 is 0 Å². The van der Waals surface area contributed by atoms with E-state index in [0.717, 1.165) is 13.0 Å². The third kappa shape index (κ3) is 3.83. The molecule has 0 radical (unpaired) electrons. The van der Waals surface area contributed by atoms with E-state index < -0.39 is 0 Å². The molecule has 0 fully saturated rings. The summed E-state index contributed by atoms with van der Waals surface area (Å²) < 4.78 is 1.30. The van der Waals surface area contributed by atoms with Gasteiger partial charge in [0, 0.05) is 9.61 Å². The van der Waals surface area contributed by atoms with Gasteiger partial charge in [-0.2, -0.15) is 0 Å². The van der Waals surface area contributed by atoms with Crippen molar-refractivity contribution in [2.75, 3.05) is 6.54 Å². The van der Waals surface area contributed by atoms with E-state index in [0.29, 0.717) is 6.04 Å². The van der Waals surface area contributed by atoms with E-state index in [1.807, 2.05) is 0 Å². The molecule has 0 bridgehead atoms. The molecule has 20 heavy (non-hydrogen) atoms. The van der Waals surface area contributed by atoms with Gasteiger partial charge < -0.3 is 5.32 Å². The molecule has 0 amide bonds. The van der Waals surface area contributed by atoms with Crippen molar-refractivity contribution in [1.29, 1.82) is 0 Å². The molecular weight excluding hydrogens is 357 g/mol. The van der Waals surface area contributed by atoms with Crippen molar-refractivity contribution < 1.29 is 0 Å². The number of nitrogens with one attached hydrogen (secondary N) is 1. The van der Waals surface area contributed by atoms with Gasteiger partial charge >= 0.3 is 0 Å². The highest BCUT2D eigenvalue weighted by Crippen LogP contribution is 2.24. The zero-order chi connectivity index (χ0) is 14.5. The van der Waals surface area contributed by atoms with Gasteiger partial charge in [0.05, 0.1) is 0 Å². The van der Waals surface area contributed by atoms with Gasteiger partial charge in [-0.25, -0.2) is 0 Å². The van der Waals surface area contributed by atoms with Crippen LogP contribution in [0.5, 0.6) is 0 Å². The quantitative estimate of drug-likeness (QED) is 0.736. The van der Waals surface area contributed by atoms with Crippen molar-refractivity contribution in [2.24, 2.45) is 0 Å². The Morgan fingerprint density at radius 3 is 2.30 bits per heavy atom. The first-order chi connectivity index (χ1) is 9.61. The Bertz CT molecular complexity index is 557. The molecule has 0 saturated carbocycles. The van der Waals surface area contributed by atoms with Crippen molar-refractivity contribution in [3.05, 3.63) is 68.3 Å². The molecule has 1 nitrogen and oxygen atoms in total. The summed E-state index contributed by atoms with van der Waals surface area (Å²) in [5.41, 5.74) is 5.62. The number of benzene rings is 2. The summed E-state index contributed by atoms with van der Waals surface area (Å²) in [5, 5.41) is 3.63. The number of hydrogen-bond acceptors (Lipinski definition) is 1. The van der Waals surface area contributed by atoms with E-state index in [9.17, 15) is 0 Å². The van der Waals surface area contributed by atoms with Crippen molar-refractivity contribution in [3.63, 3.8) is 0 Å². The second-order valence-corrected chi connectivity index (χ2v) is 6.49. The van der Waals surface area contributed by atoms with Crippen LogP contribution in [0, 0.1) is 17.4 Å². The third-order valence-corrected chi connectivity index (χ3v) is 4.43. The van der Waals surface area contributed by atoms with Crippen LogP contribution in [0.1, 0.15) is 35.2 Å². The van der Waals surface area contributed by atoms with Crippen molar-refractivity contribution in [2.45, 2.75) is 33.2 Å². The third-order valence-electron chi connectivity index (χ3n) is 3.75. The Balaban J connectivity index is 2.30. The van der Waals surface area contributed by atoms with Gasteiger partial charge in [0.25, 0.3) is 0 Å². The topological polar surface area (TPSA) is 12.0 Å². The van der Waals surface area contributed by atoms with Gasteiger partial charge in [-0.1, -0.05) is 37.3 Å². The van der Waals surface area contributed by atoms with E-state index in [4.69, 9.17) is 0 Å². The van der Waals surface area contributed by atoms with Crippen LogP contribution < -0.4 is 5.32 Å². The lowest BCUT2D eigenvalue weighted by Crippen LogP contribution is -2.23. The van der Waals surface area contributed by atoms with E-state index in [1.165, 1.54) is 25.8 Å². The van der Waals surface area contributed by atoms with Crippen LogP contribution in [-0.2, 0) is 6.42 Å². The fourth-order valence-electron chi connectivity index (χ4n) is 2.65. The molecule has 1 unspecified atom stereocenters. The van der Waals surface area contributed by atoms with Crippen LogP contribution >= 0.6 is 22.6 Å². The molecule has 2 aromatic rings. The zero-order valence-corrected chi connectivity index (χ0v) is 14.6. The van der Waals surface area contributed by atoms with E-state index in [2.05, 4.69) is 91.1 Å². The molecule has 1 atom stereocenters. The molecule has 0 aliphatic carbocycles. The lowest BCUT2D eigenvalue weighted by molar-refractivity contribution is 0.547. The van der Waals surface area contributed by atoms with Gasteiger partial charge in [0.15, 0.2) is 0 Å². The lowest BCUT2D eigenvalue weighted by atomic mass is 9.93. The maximum Gasteiger partial charge on any atom is 0.0361 e. The predicted octanol–water partition coefficient (Wildman–Crippen LogP) is 4.80. The highest BCUT2D eigenvalue weighted by molar-refractivity contribution is 14.1. The Labute approximate surface area is 135 Å². The molecule has 2 aromatic carbocycles. The van der Waals surface area contributed by atoms with Crippen molar-refractivity contribution in [1.82, 2.24) is 5.32 Å². The Morgan fingerprint density at radius 1 is 1.05 bits per heavy atom. The smallest absolute Gasteiger partial charge is 0.0361 e. The summed E-state index contributed by atoms with van der Waals surface area (Å²) in [7, 11) is 0. The highest BCUT2D eigenvalue weighted by atomic mass is 127. The monoisotopic (exact) mass is 379 g/mol. The number of halogens is 1. The molecule has 1 N–H and O–H groups in total. The molecule has 2 heteroatoms. The summed E-state index contributed by atoms with van der Waals surface area (Å²) in [4.78, 5) is 0. The van der Waals surface area contributed by atoms with Crippen LogP contribution in [0.25, 0.3) is 0 Å². The molecule has 106 valence electrons. The second kappa shape index (κ2) is 7.23. The fourth-order valence-corrected chi connectivity index (χ4v) is 3.22. The average Bonchev–Trinajstić information content (AvgIpc) is 2.42. The highest BCUT2D eigenvalue weighted by Gasteiger charge is 2.14. The maximum atomic E-state index is 3.63. The summed E-state index contributed by atoms with van der Waals surface area (Å²) in [6, 6.07) is 15.7. The Kier molecular flexibility index (Phi) is 5.61. The number of hydrogen-bond donors (Lipinski definition) is 1. The van der Waals surface area contributed by atoms with Gasteiger partial charge in [-0.05, 0) is 83.8 Å². The molecule has 0 spiro atoms. The molecule has 0 aliphatic rings. The normalized spacial score (nSPS) is 12.4. The van der Waals surface area contributed by atoms with Crippen LogP contribution in [0.3, 0.4) is 0 Å². The van der Waals surface area contributed by atoms with Gasteiger partial charge in [0.1, 0.15) is 0 Å². The van der Waals surface area contributed by atoms with Crippen molar-refractivity contribution >= 4 is 22.6 Å². The average molecular weight is 379 g/mol. The predicted molar refractivity (Wildman–Crippen MR) is 95.2 cm³/mol. The Hall–Kier alpha value is -0.870. The van der Waals surface area contributed by atoms with E-state index in [1.54, 1.807) is 0 Å². The number of rotatable bonds is 5. The summed E-state index contributed by atoms with van der Waals surface area (Å²) in [6.45, 7) is 7.58. The first kappa shape index (κ1) is 15.5. The van der Waals surface area contributed by atoms with Crippen molar-refractivity contribution in [3.8, 4) is 0 Å². The van der Waals surface area contributed by atoms with Gasteiger partial charge in [0.2, 0.25) is 0 Å². The minimum Gasteiger partial charge on any atom is -0.310 e. The van der Waals surface area contributed by atoms with Gasteiger partial charge in [-0.15, -0.1) is 0 Å². The zero-order valence-electron chi connectivity index (χ0n) is 12.4. The van der Waals surface area contributed by atoms with Crippen LogP contribution in [0.2, 0.25) is 0 Å². The maximum absolute atomic E-state index is 3.63. The van der Waals surface area contributed by atoms with Crippen LogP contribution in [0.15, 0.2) is 42.5 Å². The number of aryl methyl sites for hydroxylation is 2. The SMILES string of the molecule is CCNC(Cc1c(C)cccc1C)c1cccc(I)c1. The molecule has 0 saturated heterocycles. The van der Waals surface area contributed by atoms with Gasteiger partial charge in [-0.3, -0.25) is 0 Å². The first-order valence-electron chi connectivity index (χ1n) is 7.15. The molecule has 2 rings (SSSR count). The summed E-state index contributed by atoms with van der Waals surface area (Å²) >= 11 is 2.38. The first-order valence-corrected chi connectivity index (χ1v) is 8.23. The lowest BCUT2D eigenvalue weighted by Gasteiger charge is -2.21. The largest absolute Gasteiger partial charge is 0.310 e. The molecule has 0 aliphatic heterocycles. The second-order valence-electron chi connectivity index (χ2n) is 5.24. The minimum atomic E-state index is 0.384. The molecule has 0 aromatic heterocycles. The summed E-state index contributed by atoms with van der Waals surface area (Å²) in [6.07, 6.45) is 1.05. The van der Waals surface area contributed by atoms with E-state index in [-0.39, 0.29) is 0 Å². The molecular formula is C18H22IN. The standard InChI is InChI=1S/C18H22IN/c1-4-20-18(15-9-6-10-16(19)11-15)12-17-13(2)7-5-8-14(17)3/h5-11,18,20H,4,12H2,1-3H3. The van der Waals surface area contributed by atoms with Crippen LogP contribution in [0.4, 0.5) is 0 Å². The minimum absolute atomic E-state index is 0.384. The molecule has 0 heterocycles. The fraction of sp³-hybridized carbons (Fsp3) is 0.333.